The second-order valence-electron chi connectivity index (χ2n) is 8.15. The first-order valence-electron chi connectivity index (χ1n) is 11.0. The lowest BCUT2D eigenvalue weighted by molar-refractivity contribution is -0.137. The predicted molar refractivity (Wildman–Crippen MR) is 130 cm³/mol. The smallest absolute Gasteiger partial charge is 0.348 e. The molecule has 0 spiro atoms. The fraction of sp³-hybridized carbons (Fsp3) is 0.0714. The molecule has 7 heteroatoms. The molecule has 1 heterocycles. The van der Waals surface area contributed by atoms with E-state index in [0.717, 1.165) is 45.4 Å². The summed E-state index contributed by atoms with van der Waals surface area (Å²) in [6.45, 7) is 0.131. The van der Waals surface area contributed by atoms with Gasteiger partial charge in [0.15, 0.2) is 0 Å². The van der Waals surface area contributed by atoms with Crippen LogP contribution in [0.4, 0.5) is 13.2 Å². The number of aromatic nitrogens is 2. The molecule has 0 aliphatic rings. The van der Waals surface area contributed by atoms with Crippen LogP contribution in [0.5, 0.6) is 0 Å². The highest BCUT2D eigenvalue weighted by Gasteiger charge is 2.29. The van der Waals surface area contributed by atoms with Crippen LogP contribution in [-0.4, -0.2) is 16.1 Å². The number of aromatic amines is 1. The van der Waals surface area contributed by atoms with Crippen LogP contribution in [0.2, 0.25) is 0 Å². The molecule has 0 aliphatic carbocycles. The van der Waals surface area contributed by atoms with Crippen molar-refractivity contribution in [2.24, 2.45) is 0 Å². The largest absolute Gasteiger partial charge is 0.416 e. The highest BCUT2D eigenvalue weighted by atomic mass is 19.4. The van der Waals surface area contributed by atoms with Gasteiger partial charge in [0.05, 0.1) is 17.0 Å². The lowest BCUT2D eigenvalue weighted by atomic mass is 10.0. The van der Waals surface area contributed by atoms with E-state index in [1.807, 2.05) is 42.5 Å². The van der Waals surface area contributed by atoms with Crippen molar-refractivity contribution in [2.45, 2.75) is 12.7 Å². The van der Waals surface area contributed by atoms with Gasteiger partial charge in [-0.15, -0.1) is 0 Å². The third-order valence-corrected chi connectivity index (χ3v) is 5.83. The van der Waals surface area contributed by atoms with Crippen LogP contribution in [0.25, 0.3) is 33.3 Å². The molecule has 174 valence electrons. The summed E-state index contributed by atoms with van der Waals surface area (Å²) in [6, 6.07) is 28.0. The Morgan fingerprint density at radius 1 is 0.857 bits per heavy atom. The number of hydrogen-bond donors (Lipinski definition) is 2. The number of carbonyl (C=O) groups is 1. The van der Waals surface area contributed by atoms with Crippen LogP contribution < -0.4 is 5.32 Å². The number of nitrogens with zero attached hydrogens (tertiary/aromatic N) is 1. The topological polar surface area (TPSA) is 57.8 Å². The van der Waals surface area contributed by atoms with Crippen LogP contribution in [0, 0.1) is 0 Å². The molecule has 0 fully saturated rings. The van der Waals surface area contributed by atoms with E-state index < -0.39 is 11.7 Å². The summed E-state index contributed by atoms with van der Waals surface area (Å²) in [4.78, 5) is 12.5. The Morgan fingerprint density at radius 3 is 2.31 bits per heavy atom. The van der Waals surface area contributed by atoms with Gasteiger partial charge < -0.3 is 5.32 Å². The summed E-state index contributed by atoms with van der Waals surface area (Å²) < 4.78 is 38.1. The normalized spacial score (nSPS) is 11.5. The van der Waals surface area contributed by atoms with Gasteiger partial charge in [-0.3, -0.25) is 9.89 Å². The Labute approximate surface area is 199 Å². The van der Waals surface area contributed by atoms with Crippen molar-refractivity contribution in [1.29, 1.82) is 0 Å². The summed E-state index contributed by atoms with van der Waals surface area (Å²) in [5, 5.41) is 12.6. The fourth-order valence-corrected chi connectivity index (χ4v) is 3.96. The van der Waals surface area contributed by atoms with Crippen LogP contribution in [-0.2, 0) is 12.7 Å². The Kier molecular flexibility index (Phi) is 5.82. The minimum Gasteiger partial charge on any atom is -0.348 e. The van der Waals surface area contributed by atoms with E-state index in [0.29, 0.717) is 11.1 Å². The molecule has 35 heavy (non-hydrogen) atoms. The number of alkyl halides is 3. The Morgan fingerprint density at radius 2 is 1.57 bits per heavy atom. The summed E-state index contributed by atoms with van der Waals surface area (Å²) in [5.74, 6) is -0.310. The first-order chi connectivity index (χ1) is 16.9. The quantitative estimate of drug-likeness (QED) is 0.295. The maximum absolute atomic E-state index is 12.7. The van der Waals surface area contributed by atoms with Gasteiger partial charge in [-0.25, -0.2) is 0 Å². The van der Waals surface area contributed by atoms with Gasteiger partial charge in [-0.1, -0.05) is 66.7 Å². The van der Waals surface area contributed by atoms with E-state index in [-0.39, 0.29) is 12.5 Å². The molecule has 1 amide bonds. The van der Waals surface area contributed by atoms with E-state index >= 15 is 0 Å². The summed E-state index contributed by atoms with van der Waals surface area (Å²) in [6.07, 6.45) is -4.38. The van der Waals surface area contributed by atoms with Crippen molar-refractivity contribution in [3.63, 3.8) is 0 Å². The fourth-order valence-electron chi connectivity index (χ4n) is 3.96. The molecule has 1 aromatic heterocycles. The third kappa shape index (κ3) is 4.80. The number of nitrogens with one attached hydrogen (secondary N) is 2. The van der Waals surface area contributed by atoms with Gasteiger partial charge in [0.25, 0.3) is 5.91 Å². The van der Waals surface area contributed by atoms with E-state index in [2.05, 4.69) is 33.7 Å². The zero-order valence-corrected chi connectivity index (χ0v) is 18.4. The number of amides is 1. The zero-order valence-electron chi connectivity index (χ0n) is 18.4. The van der Waals surface area contributed by atoms with Crippen molar-refractivity contribution >= 4 is 16.7 Å². The molecule has 0 atom stereocenters. The second-order valence-corrected chi connectivity index (χ2v) is 8.15. The van der Waals surface area contributed by atoms with Crippen molar-refractivity contribution < 1.29 is 18.0 Å². The lowest BCUT2D eigenvalue weighted by Gasteiger charge is -2.09. The molecule has 5 rings (SSSR count). The minimum atomic E-state index is -4.38. The maximum Gasteiger partial charge on any atom is 0.416 e. The van der Waals surface area contributed by atoms with E-state index in [1.165, 1.54) is 12.1 Å². The van der Waals surface area contributed by atoms with Gasteiger partial charge in [-0.05, 0) is 46.7 Å². The first kappa shape index (κ1) is 22.4. The van der Waals surface area contributed by atoms with E-state index in [1.54, 1.807) is 12.1 Å². The molecule has 2 N–H and O–H groups in total. The zero-order chi connectivity index (χ0) is 24.4. The molecule has 0 bridgehead atoms. The molecule has 4 nitrogen and oxygen atoms in total. The number of H-pyrrole nitrogens is 1. The molecule has 0 aliphatic heterocycles. The molecule has 0 saturated heterocycles. The average Bonchev–Trinajstić information content (AvgIpc) is 3.37. The molecular weight excluding hydrogens is 451 g/mol. The number of rotatable bonds is 5. The SMILES string of the molecule is O=C(NCc1ccc(C(F)(F)F)cc1)c1ccc(-c2cc(-c3cccc4ccccc34)[nH]n2)cc1. The highest BCUT2D eigenvalue weighted by Crippen LogP contribution is 2.30. The van der Waals surface area contributed by atoms with Gasteiger partial charge >= 0.3 is 6.18 Å². The molecule has 0 unspecified atom stereocenters. The average molecular weight is 471 g/mol. The summed E-state index contributed by atoms with van der Waals surface area (Å²) in [7, 11) is 0. The Balaban J connectivity index is 1.27. The van der Waals surface area contributed by atoms with E-state index in [9.17, 15) is 18.0 Å². The summed E-state index contributed by atoms with van der Waals surface area (Å²) in [5.41, 5.74) is 3.88. The molecule has 0 saturated carbocycles. The van der Waals surface area contributed by atoms with Gasteiger partial charge in [0.2, 0.25) is 0 Å². The molecular formula is C28H20F3N3O. The first-order valence-corrected chi connectivity index (χ1v) is 11.0. The number of hydrogen-bond acceptors (Lipinski definition) is 2. The molecule has 0 radical (unpaired) electrons. The second kappa shape index (κ2) is 9.10. The Bertz CT molecular complexity index is 1480. The van der Waals surface area contributed by atoms with Crippen LogP contribution in [0.15, 0.2) is 97.1 Å². The number of fused-ring (bicyclic) bond motifs is 1. The van der Waals surface area contributed by atoms with E-state index in [4.69, 9.17) is 0 Å². The van der Waals surface area contributed by atoms with Crippen LogP contribution >= 0.6 is 0 Å². The Hall–Kier alpha value is -4.39. The standard InChI is InChI=1S/C28H20F3N3O/c29-28(30,31)22-14-8-18(9-15-22)17-32-27(35)21-12-10-20(11-13-21)25-16-26(34-33-25)24-7-3-5-19-4-1-2-6-23(19)24/h1-16H,17H2,(H,32,35)(H,33,34). The molecule has 5 aromatic rings. The number of halogens is 3. The van der Waals surface area contributed by atoms with Gasteiger partial charge in [0, 0.05) is 23.2 Å². The maximum atomic E-state index is 12.7. The van der Waals surface area contributed by atoms with Crippen molar-refractivity contribution in [3.8, 4) is 22.5 Å². The van der Waals surface area contributed by atoms with Crippen molar-refractivity contribution in [1.82, 2.24) is 15.5 Å². The van der Waals surface area contributed by atoms with Crippen molar-refractivity contribution in [2.75, 3.05) is 0 Å². The number of carbonyl (C=O) groups excluding carboxylic acids is 1. The number of benzene rings is 4. The predicted octanol–water partition coefficient (Wildman–Crippen LogP) is 6.85. The third-order valence-electron chi connectivity index (χ3n) is 5.83. The lowest BCUT2D eigenvalue weighted by Crippen LogP contribution is -2.22. The minimum absolute atomic E-state index is 0.131. The molecule has 4 aromatic carbocycles. The van der Waals surface area contributed by atoms with Crippen LogP contribution in [0.3, 0.4) is 0 Å². The monoisotopic (exact) mass is 471 g/mol. The van der Waals surface area contributed by atoms with Gasteiger partial charge in [-0.2, -0.15) is 18.3 Å². The summed E-state index contributed by atoms with van der Waals surface area (Å²) >= 11 is 0. The highest BCUT2D eigenvalue weighted by molar-refractivity contribution is 5.96. The van der Waals surface area contributed by atoms with Gasteiger partial charge in [0.1, 0.15) is 0 Å². The van der Waals surface area contributed by atoms with Crippen LogP contribution in [0.1, 0.15) is 21.5 Å². The van der Waals surface area contributed by atoms with Crippen molar-refractivity contribution in [3.05, 3.63) is 114 Å².